The average molecular weight is 312 g/mol. The van der Waals surface area contributed by atoms with Crippen molar-refractivity contribution < 1.29 is 14.7 Å². The molecule has 0 aliphatic heterocycles. The number of phenolic OH excluding ortho intramolecular Hbond substituents is 1. The SMILES string of the molecule is CC(C)(CC(=O)NNC(=O)c1ccccc1O)c1ccccc1. The third kappa shape index (κ3) is 4.32. The van der Waals surface area contributed by atoms with Crippen molar-refractivity contribution in [3.8, 4) is 5.75 Å². The lowest BCUT2D eigenvalue weighted by molar-refractivity contribution is -0.122. The van der Waals surface area contributed by atoms with Crippen LogP contribution in [-0.4, -0.2) is 16.9 Å². The van der Waals surface area contributed by atoms with Crippen LogP contribution in [0.4, 0.5) is 0 Å². The normalized spacial score (nSPS) is 10.9. The standard InChI is InChI=1S/C18H20N2O3/c1-18(2,13-8-4-3-5-9-13)12-16(22)19-20-17(23)14-10-6-7-11-15(14)21/h3-11,21H,12H2,1-2H3,(H,19,22)(H,20,23). The van der Waals surface area contributed by atoms with Crippen molar-refractivity contribution in [3.63, 3.8) is 0 Å². The van der Waals surface area contributed by atoms with E-state index in [0.717, 1.165) is 5.56 Å². The lowest BCUT2D eigenvalue weighted by Crippen LogP contribution is -2.43. The minimum Gasteiger partial charge on any atom is -0.507 e. The van der Waals surface area contributed by atoms with Crippen LogP contribution in [0.5, 0.6) is 5.75 Å². The molecule has 0 saturated carbocycles. The van der Waals surface area contributed by atoms with Gasteiger partial charge in [-0.25, -0.2) is 0 Å². The third-order valence-electron chi connectivity index (χ3n) is 3.62. The predicted molar refractivity (Wildman–Crippen MR) is 87.8 cm³/mol. The van der Waals surface area contributed by atoms with Crippen molar-refractivity contribution in [2.45, 2.75) is 25.7 Å². The summed E-state index contributed by atoms with van der Waals surface area (Å²) in [5, 5.41) is 9.61. The summed E-state index contributed by atoms with van der Waals surface area (Å²) >= 11 is 0. The summed E-state index contributed by atoms with van der Waals surface area (Å²) in [6.45, 7) is 3.93. The van der Waals surface area contributed by atoms with Gasteiger partial charge in [0.25, 0.3) is 5.91 Å². The first kappa shape index (κ1) is 16.5. The van der Waals surface area contributed by atoms with Crippen molar-refractivity contribution in [2.24, 2.45) is 0 Å². The third-order valence-corrected chi connectivity index (χ3v) is 3.62. The number of carbonyl (C=O) groups excluding carboxylic acids is 2. The molecule has 0 spiro atoms. The number of carbonyl (C=O) groups is 2. The zero-order valence-electron chi connectivity index (χ0n) is 13.2. The van der Waals surface area contributed by atoms with Gasteiger partial charge in [0.05, 0.1) is 5.56 Å². The van der Waals surface area contributed by atoms with E-state index in [1.54, 1.807) is 12.1 Å². The summed E-state index contributed by atoms with van der Waals surface area (Å²) in [5.41, 5.74) is 5.49. The molecule has 0 aliphatic carbocycles. The molecule has 120 valence electrons. The van der Waals surface area contributed by atoms with Crippen LogP contribution in [0.25, 0.3) is 0 Å². The topological polar surface area (TPSA) is 78.4 Å². The van der Waals surface area contributed by atoms with E-state index in [2.05, 4.69) is 10.9 Å². The molecule has 5 nitrogen and oxygen atoms in total. The summed E-state index contributed by atoms with van der Waals surface area (Å²) in [6.07, 6.45) is 0.220. The summed E-state index contributed by atoms with van der Waals surface area (Å²) < 4.78 is 0. The van der Waals surface area contributed by atoms with Gasteiger partial charge in [-0.2, -0.15) is 0 Å². The molecule has 0 heterocycles. The maximum Gasteiger partial charge on any atom is 0.273 e. The van der Waals surface area contributed by atoms with Gasteiger partial charge in [0.15, 0.2) is 0 Å². The van der Waals surface area contributed by atoms with Crippen molar-refractivity contribution >= 4 is 11.8 Å². The molecular weight excluding hydrogens is 292 g/mol. The Bertz CT molecular complexity index is 696. The van der Waals surface area contributed by atoms with E-state index in [1.165, 1.54) is 12.1 Å². The molecule has 0 aromatic heterocycles. The Balaban J connectivity index is 1.93. The number of hydrazine groups is 1. The second-order valence-electron chi connectivity index (χ2n) is 5.95. The van der Waals surface area contributed by atoms with Gasteiger partial charge in [0.1, 0.15) is 5.75 Å². The Morgan fingerprint density at radius 1 is 0.957 bits per heavy atom. The van der Waals surface area contributed by atoms with Crippen LogP contribution >= 0.6 is 0 Å². The fourth-order valence-corrected chi connectivity index (χ4v) is 2.30. The van der Waals surface area contributed by atoms with E-state index in [-0.39, 0.29) is 29.1 Å². The average Bonchev–Trinajstić information content (AvgIpc) is 2.53. The second-order valence-corrected chi connectivity index (χ2v) is 5.95. The molecule has 2 amide bonds. The molecule has 0 bridgehead atoms. The van der Waals surface area contributed by atoms with E-state index in [9.17, 15) is 14.7 Å². The molecule has 5 heteroatoms. The number of phenols is 1. The largest absolute Gasteiger partial charge is 0.507 e. The van der Waals surface area contributed by atoms with Gasteiger partial charge in [0, 0.05) is 6.42 Å². The van der Waals surface area contributed by atoms with E-state index in [0.29, 0.717) is 0 Å². The number of nitrogens with one attached hydrogen (secondary N) is 2. The number of rotatable bonds is 4. The number of aromatic hydroxyl groups is 1. The maximum absolute atomic E-state index is 12.1. The van der Waals surface area contributed by atoms with Gasteiger partial charge < -0.3 is 5.11 Å². The Labute approximate surface area is 135 Å². The highest BCUT2D eigenvalue weighted by Gasteiger charge is 2.24. The first-order valence-electron chi connectivity index (χ1n) is 7.33. The highest BCUT2D eigenvalue weighted by molar-refractivity contribution is 5.97. The summed E-state index contributed by atoms with van der Waals surface area (Å²) in [6, 6.07) is 15.8. The lowest BCUT2D eigenvalue weighted by atomic mass is 9.81. The van der Waals surface area contributed by atoms with Gasteiger partial charge in [-0.05, 0) is 23.1 Å². The fraction of sp³-hybridized carbons (Fsp3) is 0.222. The van der Waals surface area contributed by atoms with Crippen molar-refractivity contribution in [1.29, 1.82) is 0 Å². The molecule has 0 saturated heterocycles. The number of hydrogen-bond donors (Lipinski definition) is 3. The minimum absolute atomic E-state index is 0.107. The van der Waals surface area contributed by atoms with Crippen LogP contribution in [0.1, 0.15) is 36.2 Å². The molecule has 3 N–H and O–H groups in total. The van der Waals surface area contributed by atoms with E-state index in [1.807, 2.05) is 44.2 Å². The van der Waals surface area contributed by atoms with Gasteiger partial charge in [-0.3, -0.25) is 20.4 Å². The second kappa shape index (κ2) is 6.96. The number of para-hydroxylation sites is 1. The van der Waals surface area contributed by atoms with Crippen LogP contribution in [-0.2, 0) is 10.2 Å². The Morgan fingerprint density at radius 2 is 1.57 bits per heavy atom. The van der Waals surface area contributed by atoms with Crippen LogP contribution in [0.3, 0.4) is 0 Å². The Hall–Kier alpha value is -2.82. The van der Waals surface area contributed by atoms with Crippen LogP contribution in [0.15, 0.2) is 54.6 Å². The van der Waals surface area contributed by atoms with Gasteiger partial charge in [0.2, 0.25) is 5.91 Å². The van der Waals surface area contributed by atoms with E-state index >= 15 is 0 Å². The van der Waals surface area contributed by atoms with Crippen molar-refractivity contribution in [3.05, 3.63) is 65.7 Å². The first-order chi connectivity index (χ1) is 10.9. The maximum atomic E-state index is 12.1. The van der Waals surface area contributed by atoms with E-state index < -0.39 is 5.91 Å². The van der Waals surface area contributed by atoms with Gasteiger partial charge in [-0.15, -0.1) is 0 Å². The minimum atomic E-state index is -0.561. The molecule has 2 rings (SSSR count). The summed E-state index contributed by atoms with van der Waals surface area (Å²) in [4.78, 5) is 24.0. The first-order valence-corrected chi connectivity index (χ1v) is 7.33. The van der Waals surface area contributed by atoms with Crippen molar-refractivity contribution in [1.82, 2.24) is 10.9 Å². The van der Waals surface area contributed by atoms with Crippen LogP contribution in [0.2, 0.25) is 0 Å². The van der Waals surface area contributed by atoms with Gasteiger partial charge in [-0.1, -0.05) is 56.3 Å². The molecule has 0 aliphatic rings. The lowest BCUT2D eigenvalue weighted by Gasteiger charge is -2.24. The quantitative estimate of drug-likeness (QED) is 0.759. The van der Waals surface area contributed by atoms with Crippen LogP contribution in [0, 0.1) is 0 Å². The number of benzene rings is 2. The zero-order chi connectivity index (χ0) is 16.9. The smallest absolute Gasteiger partial charge is 0.273 e. The van der Waals surface area contributed by atoms with Gasteiger partial charge >= 0.3 is 0 Å². The summed E-state index contributed by atoms with van der Waals surface area (Å²) in [7, 11) is 0. The van der Waals surface area contributed by atoms with Crippen LogP contribution < -0.4 is 10.9 Å². The highest BCUT2D eigenvalue weighted by atomic mass is 16.3. The van der Waals surface area contributed by atoms with E-state index in [4.69, 9.17) is 0 Å². The predicted octanol–water partition coefficient (Wildman–Crippen LogP) is 2.52. The highest BCUT2D eigenvalue weighted by Crippen LogP contribution is 2.26. The molecule has 0 radical (unpaired) electrons. The molecule has 0 fully saturated rings. The molecule has 2 aromatic rings. The zero-order valence-corrected chi connectivity index (χ0v) is 13.2. The van der Waals surface area contributed by atoms with Crippen molar-refractivity contribution in [2.75, 3.05) is 0 Å². The molecular formula is C18H20N2O3. The monoisotopic (exact) mass is 312 g/mol. The number of amides is 2. The molecule has 23 heavy (non-hydrogen) atoms. The Morgan fingerprint density at radius 3 is 2.22 bits per heavy atom. The molecule has 0 atom stereocenters. The number of hydrogen-bond acceptors (Lipinski definition) is 3. The Kier molecular flexibility index (Phi) is 5.01. The fourth-order valence-electron chi connectivity index (χ4n) is 2.30. The molecule has 2 aromatic carbocycles. The summed E-state index contributed by atoms with van der Waals surface area (Å²) in [5.74, 6) is -1.000. The molecule has 0 unspecified atom stereocenters.